The minimum atomic E-state index is -0.174. The predicted octanol–water partition coefficient (Wildman–Crippen LogP) is 0.618. The first-order valence-electron chi connectivity index (χ1n) is 5.09. The third-order valence-electron chi connectivity index (χ3n) is 3.18. The lowest BCUT2D eigenvalue weighted by Gasteiger charge is -2.49. The number of rotatable bonds is 2. The molecule has 3 rings (SSSR count). The molecule has 2 unspecified atom stereocenters. The van der Waals surface area contributed by atoms with Crippen LogP contribution in [0.15, 0.2) is 11.9 Å². The topological polar surface area (TPSA) is 26.7 Å². The van der Waals surface area contributed by atoms with Gasteiger partial charge in [0.2, 0.25) is 0 Å². The van der Waals surface area contributed by atoms with Gasteiger partial charge in [-0.05, 0) is 13.3 Å². The summed E-state index contributed by atoms with van der Waals surface area (Å²) >= 11 is 0. The smallest absolute Gasteiger partial charge is 0.0757 e. The zero-order chi connectivity index (χ0) is 9.42. The van der Waals surface area contributed by atoms with E-state index in [0.29, 0.717) is 6.04 Å². The van der Waals surface area contributed by atoms with E-state index in [1.807, 2.05) is 6.92 Å². The van der Waals surface area contributed by atoms with Crippen molar-refractivity contribution in [2.75, 3.05) is 19.6 Å². The monoisotopic (exact) mass is 182 g/mol. The summed E-state index contributed by atoms with van der Waals surface area (Å²) in [5.74, 6) is 0. The summed E-state index contributed by atoms with van der Waals surface area (Å²) in [5.41, 5.74) is 1.34. The van der Waals surface area contributed by atoms with Gasteiger partial charge in [0, 0.05) is 31.5 Å². The first kappa shape index (κ1) is 8.88. The van der Waals surface area contributed by atoms with Crippen LogP contribution in [-0.4, -0.2) is 46.7 Å². The summed E-state index contributed by atoms with van der Waals surface area (Å²) in [4.78, 5) is 4.66. The highest BCUT2D eigenvalue weighted by atomic mass is 16.3. The van der Waals surface area contributed by atoms with Crippen LogP contribution in [0.5, 0.6) is 0 Å². The molecule has 1 fully saturated rings. The number of aliphatic hydroxyl groups excluding tert-OH is 1. The van der Waals surface area contributed by atoms with E-state index in [1.54, 1.807) is 0 Å². The lowest BCUT2D eigenvalue weighted by molar-refractivity contribution is 0.00947. The van der Waals surface area contributed by atoms with Gasteiger partial charge < -0.3 is 14.9 Å². The summed E-state index contributed by atoms with van der Waals surface area (Å²) < 4.78 is 0. The summed E-state index contributed by atoms with van der Waals surface area (Å²) in [6, 6.07) is 0.322. The van der Waals surface area contributed by atoms with Gasteiger partial charge in [-0.25, -0.2) is 0 Å². The van der Waals surface area contributed by atoms with Crippen molar-refractivity contribution >= 4 is 0 Å². The third-order valence-corrected chi connectivity index (χ3v) is 3.18. The van der Waals surface area contributed by atoms with E-state index in [4.69, 9.17) is 0 Å². The van der Waals surface area contributed by atoms with E-state index < -0.39 is 0 Å². The van der Waals surface area contributed by atoms with E-state index in [-0.39, 0.29) is 6.10 Å². The molecular weight excluding hydrogens is 164 g/mol. The lowest BCUT2D eigenvalue weighted by atomic mass is 10.0. The van der Waals surface area contributed by atoms with Gasteiger partial charge in [-0.15, -0.1) is 0 Å². The second kappa shape index (κ2) is 3.22. The highest BCUT2D eigenvalue weighted by Gasteiger charge is 2.33. The van der Waals surface area contributed by atoms with E-state index in [2.05, 4.69) is 22.9 Å². The van der Waals surface area contributed by atoms with E-state index in [0.717, 1.165) is 26.1 Å². The van der Waals surface area contributed by atoms with Gasteiger partial charge in [0.05, 0.1) is 12.1 Å². The lowest BCUT2D eigenvalue weighted by Crippen LogP contribution is -2.58. The van der Waals surface area contributed by atoms with Crippen molar-refractivity contribution in [2.45, 2.75) is 32.4 Å². The Morgan fingerprint density at radius 1 is 1.62 bits per heavy atom. The van der Waals surface area contributed by atoms with Crippen LogP contribution in [0.1, 0.15) is 20.3 Å². The molecule has 0 radical (unpaired) electrons. The molecule has 3 aliphatic heterocycles. The molecule has 0 spiro atoms. The van der Waals surface area contributed by atoms with Gasteiger partial charge in [-0.1, -0.05) is 6.92 Å². The minimum absolute atomic E-state index is 0.174. The molecule has 2 bridgehead atoms. The SMILES string of the molecule is CCC(O)C1CN2CCN1C=C2C. The Balaban J connectivity index is 2.12. The molecule has 0 aromatic carbocycles. The molecule has 0 saturated carbocycles. The molecule has 3 heteroatoms. The minimum Gasteiger partial charge on any atom is -0.391 e. The number of nitrogens with zero attached hydrogens (tertiary/aromatic N) is 2. The molecule has 74 valence electrons. The summed E-state index contributed by atoms with van der Waals surface area (Å²) in [6.45, 7) is 7.37. The molecule has 0 aromatic rings. The standard InChI is InChI=1S/C10H18N2O/c1-3-10(13)9-7-11-4-5-12(9)6-8(11)2/h6,9-10,13H,3-5,7H2,1-2H3. The first-order chi connectivity index (χ1) is 6.22. The van der Waals surface area contributed by atoms with Gasteiger partial charge in [0.1, 0.15) is 0 Å². The Morgan fingerprint density at radius 2 is 2.38 bits per heavy atom. The van der Waals surface area contributed by atoms with E-state index in [1.165, 1.54) is 5.70 Å². The van der Waals surface area contributed by atoms with Gasteiger partial charge in [-0.2, -0.15) is 0 Å². The second-order valence-electron chi connectivity index (χ2n) is 4.00. The molecule has 0 amide bonds. The molecule has 1 N–H and O–H groups in total. The quantitative estimate of drug-likeness (QED) is 0.678. The van der Waals surface area contributed by atoms with E-state index in [9.17, 15) is 5.11 Å². The molecule has 3 nitrogen and oxygen atoms in total. The number of hydrogen-bond donors (Lipinski definition) is 1. The van der Waals surface area contributed by atoms with Crippen LogP contribution in [0.4, 0.5) is 0 Å². The number of fused-ring (bicyclic) bond motifs is 2. The van der Waals surface area contributed by atoms with Crippen molar-refractivity contribution in [3.63, 3.8) is 0 Å². The Morgan fingerprint density at radius 3 is 2.85 bits per heavy atom. The summed E-state index contributed by atoms with van der Waals surface area (Å²) in [6.07, 6.45) is 2.85. The van der Waals surface area contributed by atoms with Crippen molar-refractivity contribution in [3.8, 4) is 0 Å². The van der Waals surface area contributed by atoms with Crippen LogP contribution in [-0.2, 0) is 0 Å². The summed E-state index contributed by atoms with van der Waals surface area (Å²) in [5, 5.41) is 9.79. The maximum atomic E-state index is 9.79. The molecule has 2 atom stereocenters. The van der Waals surface area contributed by atoms with Gasteiger partial charge in [0.25, 0.3) is 0 Å². The van der Waals surface area contributed by atoms with Gasteiger partial charge >= 0.3 is 0 Å². The zero-order valence-electron chi connectivity index (χ0n) is 8.40. The second-order valence-corrected chi connectivity index (χ2v) is 4.00. The molecule has 3 heterocycles. The average molecular weight is 182 g/mol. The van der Waals surface area contributed by atoms with Crippen LogP contribution in [0.2, 0.25) is 0 Å². The Kier molecular flexibility index (Phi) is 2.20. The highest BCUT2D eigenvalue weighted by molar-refractivity contribution is 5.10. The fourth-order valence-electron chi connectivity index (χ4n) is 2.24. The number of piperazine rings is 1. The van der Waals surface area contributed by atoms with Crippen LogP contribution < -0.4 is 0 Å². The van der Waals surface area contributed by atoms with Crippen molar-refractivity contribution in [1.82, 2.24) is 9.80 Å². The van der Waals surface area contributed by atoms with Crippen molar-refractivity contribution in [1.29, 1.82) is 0 Å². The molecule has 13 heavy (non-hydrogen) atoms. The molecular formula is C10H18N2O. The Labute approximate surface area is 79.6 Å². The number of allylic oxidation sites excluding steroid dienone is 1. The van der Waals surface area contributed by atoms with Crippen LogP contribution in [0.3, 0.4) is 0 Å². The first-order valence-corrected chi connectivity index (χ1v) is 5.09. The predicted molar refractivity (Wildman–Crippen MR) is 52.1 cm³/mol. The maximum Gasteiger partial charge on any atom is 0.0757 e. The molecule has 0 aromatic heterocycles. The average Bonchev–Trinajstić information content (AvgIpc) is 2.17. The normalized spacial score (nSPS) is 29.2. The fourth-order valence-corrected chi connectivity index (χ4v) is 2.24. The van der Waals surface area contributed by atoms with Crippen molar-refractivity contribution in [2.24, 2.45) is 0 Å². The molecule has 1 saturated heterocycles. The number of aliphatic hydroxyl groups is 1. The van der Waals surface area contributed by atoms with Crippen LogP contribution in [0.25, 0.3) is 0 Å². The van der Waals surface area contributed by atoms with Crippen LogP contribution >= 0.6 is 0 Å². The van der Waals surface area contributed by atoms with Crippen LogP contribution in [0, 0.1) is 0 Å². The van der Waals surface area contributed by atoms with Gasteiger partial charge in [0.15, 0.2) is 0 Å². The Bertz CT molecular complexity index is 227. The third kappa shape index (κ3) is 1.41. The van der Waals surface area contributed by atoms with E-state index >= 15 is 0 Å². The zero-order valence-corrected chi connectivity index (χ0v) is 8.40. The largest absolute Gasteiger partial charge is 0.391 e. The van der Waals surface area contributed by atoms with Crippen molar-refractivity contribution in [3.05, 3.63) is 11.9 Å². The molecule has 3 aliphatic rings. The maximum absolute atomic E-state index is 9.79. The number of hydrogen-bond acceptors (Lipinski definition) is 3. The highest BCUT2D eigenvalue weighted by Crippen LogP contribution is 2.24. The summed E-state index contributed by atoms with van der Waals surface area (Å²) in [7, 11) is 0. The van der Waals surface area contributed by atoms with Crippen molar-refractivity contribution < 1.29 is 5.11 Å². The molecule has 0 aliphatic carbocycles. The Hall–Kier alpha value is -0.700. The fraction of sp³-hybridized carbons (Fsp3) is 0.800. The van der Waals surface area contributed by atoms with Gasteiger partial charge in [-0.3, -0.25) is 0 Å².